The molecular weight excluding hydrogens is 242 g/mol. The number of amides is 1. The van der Waals surface area contributed by atoms with Gasteiger partial charge in [0.15, 0.2) is 5.65 Å². The van der Waals surface area contributed by atoms with E-state index in [0.717, 1.165) is 5.56 Å². The summed E-state index contributed by atoms with van der Waals surface area (Å²) >= 11 is 0. The highest BCUT2D eigenvalue weighted by Gasteiger charge is 2.09. The van der Waals surface area contributed by atoms with Crippen molar-refractivity contribution in [3.8, 4) is 0 Å². The van der Waals surface area contributed by atoms with Gasteiger partial charge in [-0.15, -0.1) is 5.10 Å². The van der Waals surface area contributed by atoms with Crippen LogP contribution in [0.15, 0.2) is 42.9 Å². The Bertz CT molecular complexity index is 735. The molecule has 6 nitrogen and oxygen atoms in total. The van der Waals surface area contributed by atoms with E-state index >= 15 is 0 Å². The number of pyridine rings is 2. The van der Waals surface area contributed by atoms with Crippen molar-refractivity contribution in [2.24, 2.45) is 0 Å². The number of rotatable bonds is 2. The zero-order chi connectivity index (χ0) is 13.2. The molecule has 94 valence electrons. The minimum absolute atomic E-state index is 0.255. The molecule has 0 spiro atoms. The molecule has 1 amide bonds. The van der Waals surface area contributed by atoms with Crippen LogP contribution in [0, 0.1) is 6.92 Å². The molecule has 6 heteroatoms. The van der Waals surface area contributed by atoms with Crippen LogP contribution in [0.5, 0.6) is 0 Å². The van der Waals surface area contributed by atoms with Crippen molar-refractivity contribution in [3.63, 3.8) is 0 Å². The summed E-state index contributed by atoms with van der Waals surface area (Å²) in [5, 5.41) is 6.83. The largest absolute Gasteiger partial charge is 0.289 e. The monoisotopic (exact) mass is 253 g/mol. The lowest BCUT2D eigenvalue weighted by atomic mass is 10.2. The molecule has 0 unspecified atom stereocenters. The van der Waals surface area contributed by atoms with Gasteiger partial charge >= 0.3 is 0 Å². The molecule has 0 bridgehead atoms. The summed E-state index contributed by atoms with van der Waals surface area (Å²) in [5.74, 6) is 0.0300. The highest BCUT2D eigenvalue weighted by Crippen LogP contribution is 2.08. The van der Waals surface area contributed by atoms with E-state index in [4.69, 9.17) is 0 Å². The molecular formula is C13H11N5O. The number of aromatic nitrogens is 4. The van der Waals surface area contributed by atoms with Gasteiger partial charge in [-0.2, -0.15) is 4.98 Å². The molecule has 3 aromatic heterocycles. The fourth-order valence-electron chi connectivity index (χ4n) is 1.71. The summed E-state index contributed by atoms with van der Waals surface area (Å²) < 4.78 is 1.62. The van der Waals surface area contributed by atoms with Gasteiger partial charge in [0.1, 0.15) is 0 Å². The first-order valence-corrected chi connectivity index (χ1v) is 5.77. The van der Waals surface area contributed by atoms with Crippen LogP contribution in [0.4, 0.5) is 5.95 Å². The average Bonchev–Trinajstić information content (AvgIpc) is 2.81. The van der Waals surface area contributed by atoms with E-state index in [1.165, 1.54) is 0 Å². The zero-order valence-electron chi connectivity index (χ0n) is 10.2. The van der Waals surface area contributed by atoms with E-state index < -0.39 is 0 Å². The normalized spacial score (nSPS) is 10.6. The van der Waals surface area contributed by atoms with Gasteiger partial charge in [-0.3, -0.25) is 15.1 Å². The van der Waals surface area contributed by atoms with Gasteiger partial charge in [-0.25, -0.2) is 4.52 Å². The second kappa shape index (κ2) is 4.49. The summed E-state index contributed by atoms with van der Waals surface area (Å²) in [6.45, 7) is 1.98. The summed E-state index contributed by atoms with van der Waals surface area (Å²) in [6.07, 6.45) is 4.94. The van der Waals surface area contributed by atoms with Gasteiger partial charge in [0.25, 0.3) is 5.91 Å². The minimum Gasteiger partial charge on any atom is -0.289 e. The maximum Gasteiger partial charge on any atom is 0.258 e. The lowest BCUT2D eigenvalue weighted by Crippen LogP contribution is -2.12. The molecule has 0 saturated carbocycles. The first-order valence-electron chi connectivity index (χ1n) is 5.77. The standard InChI is InChI=1S/C13H11N5O/c1-9-4-7-18-11(8-9)15-13(17-18)16-12(19)10-2-5-14-6-3-10/h2-8H,1H3,(H,16,17,19). The molecule has 3 rings (SSSR count). The number of carbonyl (C=O) groups excluding carboxylic acids is 1. The van der Waals surface area contributed by atoms with Gasteiger partial charge in [-0.1, -0.05) is 0 Å². The third-order valence-corrected chi connectivity index (χ3v) is 2.66. The SMILES string of the molecule is Cc1ccn2nc(NC(=O)c3ccncc3)nc2c1. The summed E-state index contributed by atoms with van der Waals surface area (Å²) in [4.78, 5) is 20.0. The molecule has 0 aliphatic heterocycles. The van der Waals surface area contributed by atoms with Gasteiger partial charge < -0.3 is 0 Å². The Hall–Kier alpha value is -2.76. The van der Waals surface area contributed by atoms with Crippen LogP contribution in [0.1, 0.15) is 15.9 Å². The fraction of sp³-hybridized carbons (Fsp3) is 0.0769. The van der Waals surface area contributed by atoms with E-state index in [1.807, 2.05) is 19.1 Å². The summed E-state index contributed by atoms with van der Waals surface area (Å²) in [5.41, 5.74) is 2.31. The van der Waals surface area contributed by atoms with Gasteiger partial charge in [0.2, 0.25) is 5.95 Å². The number of anilines is 1. The Morgan fingerprint density at radius 1 is 1.26 bits per heavy atom. The van der Waals surface area contributed by atoms with Crippen LogP contribution in [0.2, 0.25) is 0 Å². The number of fused-ring (bicyclic) bond motifs is 1. The first kappa shape index (κ1) is 11.3. The molecule has 0 aromatic carbocycles. The van der Waals surface area contributed by atoms with Gasteiger partial charge in [0, 0.05) is 24.2 Å². The van der Waals surface area contributed by atoms with Gasteiger partial charge in [0.05, 0.1) is 0 Å². The third-order valence-electron chi connectivity index (χ3n) is 2.66. The predicted octanol–water partition coefficient (Wildman–Crippen LogP) is 1.69. The number of aryl methyl sites for hydroxylation is 1. The Labute approximate surface area is 109 Å². The van der Waals surface area contributed by atoms with E-state index in [9.17, 15) is 4.79 Å². The molecule has 1 N–H and O–H groups in total. The van der Waals surface area contributed by atoms with E-state index in [1.54, 1.807) is 35.2 Å². The Morgan fingerprint density at radius 2 is 2.05 bits per heavy atom. The van der Waals surface area contributed by atoms with Crippen molar-refractivity contribution in [1.82, 2.24) is 19.6 Å². The molecule has 0 saturated heterocycles. The molecule has 0 aliphatic rings. The fourth-order valence-corrected chi connectivity index (χ4v) is 1.71. The lowest BCUT2D eigenvalue weighted by Gasteiger charge is -1.99. The van der Waals surface area contributed by atoms with E-state index in [2.05, 4.69) is 20.4 Å². The van der Waals surface area contributed by atoms with E-state index in [0.29, 0.717) is 11.2 Å². The predicted molar refractivity (Wildman–Crippen MR) is 69.9 cm³/mol. The molecule has 3 aromatic rings. The quantitative estimate of drug-likeness (QED) is 0.754. The lowest BCUT2D eigenvalue weighted by molar-refractivity contribution is 0.102. The molecule has 0 aliphatic carbocycles. The second-order valence-corrected chi connectivity index (χ2v) is 4.13. The molecule has 0 fully saturated rings. The van der Waals surface area contributed by atoms with Crippen molar-refractivity contribution in [1.29, 1.82) is 0 Å². The second-order valence-electron chi connectivity index (χ2n) is 4.13. The molecule has 0 atom stereocenters. The Kier molecular flexibility index (Phi) is 2.68. The topological polar surface area (TPSA) is 72.2 Å². The minimum atomic E-state index is -0.255. The van der Waals surface area contributed by atoms with Crippen molar-refractivity contribution in [2.75, 3.05) is 5.32 Å². The summed E-state index contributed by atoms with van der Waals surface area (Å²) in [7, 11) is 0. The van der Waals surface area contributed by atoms with Crippen LogP contribution >= 0.6 is 0 Å². The zero-order valence-corrected chi connectivity index (χ0v) is 10.2. The highest BCUT2D eigenvalue weighted by molar-refractivity contribution is 6.03. The highest BCUT2D eigenvalue weighted by atomic mass is 16.1. The van der Waals surface area contributed by atoms with Crippen molar-refractivity contribution in [3.05, 3.63) is 54.0 Å². The van der Waals surface area contributed by atoms with Gasteiger partial charge in [-0.05, 0) is 36.8 Å². The van der Waals surface area contributed by atoms with Crippen LogP contribution in [0.25, 0.3) is 5.65 Å². The first-order chi connectivity index (χ1) is 9.22. The number of hydrogen-bond acceptors (Lipinski definition) is 4. The van der Waals surface area contributed by atoms with Crippen molar-refractivity contribution >= 4 is 17.5 Å². The van der Waals surface area contributed by atoms with E-state index in [-0.39, 0.29) is 11.9 Å². The maximum atomic E-state index is 11.9. The molecule has 19 heavy (non-hydrogen) atoms. The van der Waals surface area contributed by atoms with Crippen LogP contribution in [0.3, 0.4) is 0 Å². The average molecular weight is 253 g/mol. The van der Waals surface area contributed by atoms with Crippen LogP contribution in [-0.2, 0) is 0 Å². The third kappa shape index (κ3) is 2.28. The van der Waals surface area contributed by atoms with Crippen molar-refractivity contribution in [2.45, 2.75) is 6.92 Å². The number of nitrogens with zero attached hydrogens (tertiary/aromatic N) is 4. The maximum absolute atomic E-state index is 11.9. The summed E-state index contributed by atoms with van der Waals surface area (Å²) in [6, 6.07) is 7.09. The Balaban J connectivity index is 1.87. The smallest absolute Gasteiger partial charge is 0.258 e. The Morgan fingerprint density at radius 3 is 2.84 bits per heavy atom. The number of hydrogen-bond donors (Lipinski definition) is 1. The number of carbonyl (C=O) groups is 1. The van der Waals surface area contributed by atoms with Crippen LogP contribution < -0.4 is 5.32 Å². The number of nitrogens with one attached hydrogen (secondary N) is 1. The molecule has 3 heterocycles. The molecule has 0 radical (unpaired) electrons. The van der Waals surface area contributed by atoms with Crippen molar-refractivity contribution < 1.29 is 4.79 Å². The van der Waals surface area contributed by atoms with Crippen LogP contribution in [-0.4, -0.2) is 25.5 Å².